The number of nitrogens with zero attached hydrogens (tertiary/aromatic N) is 2. The van der Waals surface area contributed by atoms with Gasteiger partial charge in [0.15, 0.2) is 5.69 Å². The topological polar surface area (TPSA) is 66.9 Å². The first-order valence-electron chi connectivity index (χ1n) is 4.65. The molecule has 5 nitrogen and oxygen atoms in total. The second kappa shape index (κ2) is 4.47. The van der Waals surface area contributed by atoms with E-state index in [1.54, 1.807) is 5.38 Å². The van der Waals surface area contributed by atoms with Crippen LogP contribution in [0.1, 0.15) is 23.3 Å². The molecule has 0 unspecified atom stereocenters. The molecule has 2 rings (SSSR count). The van der Waals surface area contributed by atoms with Gasteiger partial charge >= 0.3 is 0 Å². The van der Waals surface area contributed by atoms with E-state index in [9.17, 15) is 4.79 Å². The smallest absolute Gasteiger partial charge is 0.272 e. The van der Waals surface area contributed by atoms with Gasteiger partial charge in [0.25, 0.3) is 5.91 Å². The van der Waals surface area contributed by atoms with E-state index in [-0.39, 0.29) is 11.9 Å². The monoisotopic (exact) mass is 212 g/mol. The lowest BCUT2D eigenvalue weighted by molar-refractivity contribution is 0.0925. The third kappa shape index (κ3) is 2.27. The van der Waals surface area contributed by atoms with Crippen LogP contribution in [0, 0.1) is 0 Å². The first kappa shape index (κ1) is 9.54. The Morgan fingerprint density at radius 1 is 1.71 bits per heavy atom. The lowest BCUT2D eigenvalue weighted by atomic mass is 10.1. The van der Waals surface area contributed by atoms with Gasteiger partial charge in [-0.05, 0) is 30.9 Å². The van der Waals surface area contributed by atoms with E-state index in [1.165, 1.54) is 11.5 Å². The molecule has 1 fully saturated rings. The van der Waals surface area contributed by atoms with Gasteiger partial charge in [-0.15, -0.1) is 5.10 Å². The summed E-state index contributed by atoms with van der Waals surface area (Å²) in [6.45, 7) is 1.90. The number of rotatable bonds is 2. The molecule has 1 saturated heterocycles. The summed E-state index contributed by atoms with van der Waals surface area (Å²) in [6, 6.07) is 0.234. The SMILES string of the molecule is O=C(N[C@@H]1CCCNC1)c1csnn1. The first-order valence-corrected chi connectivity index (χ1v) is 5.48. The van der Waals surface area contributed by atoms with Gasteiger partial charge in [0.2, 0.25) is 0 Å². The molecule has 1 aromatic heterocycles. The molecular weight excluding hydrogens is 200 g/mol. The maximum absolute atomic E-state index is 11.5. The van der Waals surface area contributed by atoms with Crippen LogP contribution in [0.3, 0.4) is 0 Å². The van der Waals surface area contributed by atoms with Crippen molar-refractivity contribution in [2.24, 2.45) is 0 Å². The van der Waals surface area contributed by atoms with Crippen LogP contribution in [0.5, 0.6) is 0 Å². The molecular formula is C8H12N4OS. The van der Waals surface area contributed by atoms with E-state index in [0.29, 0.717) is 5.69 Å². The third-order valence-corrected chi connectivity index (χ3v) is 2.73. The van der Waals surface area contributed by atoms with Gasteiger partial charge in [0.1, 0.15) is 0 Å². The van der Waals surface area contributed by atoms with Crippen molar-refractivity contribution in [3.05, 3.63) is 11.1 Å². The molecule has 0 radical (unpaired) electrons. The van der Waals surface area contributed by atoms with Crippen LogP contribution in [0.4, 0.5) is 0 Å². The number of hydrogen-bond acceptors (Lipinski definition) is 5. The average Bonchev–Trinajstić information content (AvgIpc) is 2.72. The average molecular weight is 212 g/mol. The fourth-order valence-electron chi connectivity index (χ4n) is 1.50. The maximum Gasteiger partial charge on any atom is 0.272 e. The Kier molecular flexibility index (Phi) is 3.05. The van der Waals surface area contributed by atoms with E-state index in [4.69, 9.17) is 0 Å². The molecule has 1 atom stereocenters. The molecule has 6 heteroatoms. The summed E-state index contributed by atoms with van der Waals surface area (Å²) < 4.78 is 3.65. The van der Waals surface area contributed by atoms with Crippen molar-refractivity contribution in [1.82, 2.24) is 20.2 Å². The summed E-state index contributed by atoms with van der Waals surface area (Å²) in [5, 5.41) is 11.5. The molecule has 0 aliphatic carbocycles. The number of nitrogens with one attached hydrogen (secondary N) is 2. The molecule has 1 aliphatic rings. The van der Waals surface area contributed by atoms with E-state index in [1.807, 2.05) is 0 Å². The number of carbonyl (C=O) groups excluding carboxylic acids is 1. The number of amides is 1. The zero-order chi connectivity index (χ0) is 9.80. The predicted molar refractivity (Wildman–Crippen MR) is 53.3 cm³/mol. The lowest BCUT2D eigenvalue weighted by Gasteiger charge is -2.23. The third-order valence-electron chi connectivity index (χ3n) is 2.22. The highest BCUT2D eigenvalue weighted by Crippen LogP contribution is 2.03. The van der Waals surface area contributed by atoms with Crippen molar-refractivity contribution in [3.8, 4) is 0 Å². The van der Waals surface area contributed by atoms with Crippen molar-refractivity contribution in [1.29, 1.82) is 0 Å². The minimum atomic E-state index is -0.118. The summed E-state index contributed by atoms with van der Waals surface area (Å²) >= 11 is 1.19. The molecule has 0 spiro atoms. The molecule has 1 aromatic rings. The van der Waals surface area contributed by atoms with Crippen LogP contribution in [-0.2, 0) is 0 Å². The van der Waals surface area contributed by atoms with E-state index in [2.05, 4.69) is 20.2 Å². The zero-order valence-corrected chi connectivity index (χ0v) is 8.51. The van der Waals surface area contributed by atoms with Crippen molar-refractivity contribution < 1.29 is 4.79 Å². The summed E-state index contributed by atoms with van der Waals surface area (Å²) in [4.78, 5) is 11.5. The molecule has 2 heterocycles. The summed E-state index contributed by atoms with van der Waals surface area (Å²) in [6.07, 6.45) is 2.15. The Balaban J connectivity index is 1.87. The van der Waals surface area contributed by atoms with Crippen LogP contribution in [0.2, 0.25) is 0 Å². The quantitative estimate of drug-likeness (QED) is 0.725. The summed E-state index contributed by atoms with van der Waals surface area (Å²) in [5.41, 5.74) is 0.417. The maximum atomic E-state index is 11.5. The van der Waals surface area contributed by atoms with Gasteiger partial charge in [-0.1, -0.05) is 4.49 Å². The Morgan fingerprint density at radius 3 is 3.29 bits per heavy atom. The highest BCUT2D eigenvalue weighted by atomic mass is 32.1. The zero-order valence-electron chi connectivity index (χ0n) is 7.69. The first-order chi connectivity index (χ1) is 6.86. The lowest BCUT2D eigenvalue weighted by Crippen LogP contribution is -2.45. The normalized spacial score (nSPS) is 21.9. The molecule has 0 aromatic carbocycles. The van der Waals surface area contributed by atoms with Crippen LogP contribution in [0.15, 0.2) is 5.38 Å². The van der Waals surface area contributed by atoms with E-state index < -0.39 is 0 Å². The highest BCUT2D eigenvalue weighted by Gasteiger charge is 2.17. The molecule has 1 aliphatic heterocycles. The molecule has 2 N–H and O–H groups in total. The van der Waals surface area contributed by atoms with Crippen LogP contribution >= 0.6 is 11.5 Å². The van der Waals surface area contributed by atoms with Gasteiger partial charge in [-0.3, -0.25) is 4.79 Å². The van der Waals surface area contributed by atoms with Crippen molar-refractivity contribution in [2.75, 3.05) is 13.1 Å². The fourth-order valence-corrected chi connectivity index (χ4v) is 1.93. The summed E-state index contributed by atoms with van der Waals surface area (Å²) in [5.74, 6) is -0.118. The Bertz CT molecular complexity index is 294. The van der Waals surface area contributed by atoms with Gasteiger partial charge in [0.05, 0.1) is 0 Å². The molecule has 0 bridgehead atoms. The minimum absolute atomic E-state index is 0.118. The highest BCUT2D eigenvalue weighted by molar-refractivity contribution is 7.03. The van der Waals surface area contributed by atoms with E-state index >= 15 is 0 Å². The predicted octanol–water partition coefficient (Wildman–Crippen LogP) is 0.0199. The van der Waals surface area contributed by atoms with E-state index in [0.717, 1.165) is 25.9 Å². The van der Waals surface area contributed by atoms with Crippen LogP contribution < -0.4 is 10.6 Å². The Hall–Kier alpha value is -1.01. The fraction of sp³-hybridized carbons (Fsp3) is 0.625. The molecule has 1 amide bonds. The van der Waals surface area contributed by atoms with Crippen LogP contribution in [-0.4, -0.2) is 34.6 Å². The van der Waals surface area contributed by atoms with Gasteiger partial charge in [-0.25, -0.2) is 0 Å². The minimum Gasteiger partial charge on any atom is -0.347 e. The molecule has 14 heavy (non-hydrogen) atoms. The Labute approximate surface area is 86.1 Å². The largest absolute Gasteiger partial charge is 0.347 e. The molecule has 0 saturated carbocycles. The number of piperidine rings is 1. The van der Waals surface area contributed by atoms with Crippen molar-refractivity contribution in [2.45, 2.75) is 18.9 Å². The van der Waals surface area contributed by atoms with Crippen molar-refractivity contribution in [3.63, 3.8) is 0 Å². The van der Waals surface area contributed by atoms with Gasteiger partial charge in [0, 0.05) is 18.0 Å². The second-order valence-electron chi connectivity index (χ2n) is 3.31. The Morgan fingerprint density at radius 2 is 2.64 bits per heavy atom. The number of hydrogen-bond donors (Lipinski definition) is 2. The number of carbonyl (C=O) groups is 1. The summed E-state index contributed by atoms with van der Waals surface area (Å²) in [7, 11) is 0. The van der Waals surface area contributed by atoms with Crippen LogP contribution in [0.25, 0.3) is 0 Å². The number of aromatic nitrogens is 2. The standard InChI is InChI=1S/C8H12N4OS/c13-8(7-5-14-12-11-7)10-6-2-1-3-9-4-6/h5-6,9H,1-4H2,(H,10,13)/t6-/m1/s1. The molecule has 76 valence electrons. The van der Waals surface area contributed by atoms with Gasteiger partial charge < -0.3 is 10.6 Å². The van der Waals surface area contributed by atoms with Crippen molar-refractivity contribution >= 4 is 17.4 Å². The van der Waals surface area contributed by atoms with Gasteiger partial charge in [-0.2, -0.15) is 0 Å². The second-order valence-corrected chi connectivity index (χ2v) is 3.92.